The van der Waals surface area contributed by atoms with E-state index in [1.165, 1.54) is 16.9 Å². The smallest absolute Gasteiger partial charge is 0.0901 e. The highest BCUT2D eigenvalue weighted by molar-refractivity contribution is 7.99. The highest BCUT2D eigenvalue weighted by atomic mass is 127. The van der Waals surface area contributed by atoms with Crippen molar-refractivity contribution in [1.29, 1.82) is 0 Å². The molecule has 0 amide bonds. The van der Waals surface area contributed by atoms with Gasteiger partial charge in [-0.3, -0.25) is 0 Å². The Balaban J connectivity index is 0.000000151. The molecule has 0 saturated heterocycles. The summed E-state index contributed by atoms with van der Waals surface area (Å²) in [4.78, 5) is 2.57. The first-order valence-electron chi connectivity index (χ1n) is 8.43. The Kier molecular flexibility index (Phi) is 7.81. The molecule has 0 spiro atoms. The Morgan fingerprint density at radius 3 is 1.04 bits per heavy atom. The lowest BCUT2D eigenvalue weighted by atomic mass is 10.4. The van der Waals surface area contributed by atoms with Crippen LogP contribution in [0, 0.1) is 7.14 Å². The molecule has 4 aromatic rings. The predicted molar refractivity (Wildman–Crippen MR) is 107 cm³/mol. The highest BCUT2D eigenvalue weighted by Gasteiger charge is 2.12. The Morgan fingerprint density at radius 1 is 0.385 bits per heavy atom. The third-order valence-corrected chi connectivity index (χ3v) is 7.11. The molecule has 0 nitrogen and oxygen atoms in total. The molecule has 0 heterocycles. The molecule has 0 radical (unpaired) electrons. The summed E-state index contributed by atoms with van der Waals surface area (Å²) < 4.78 is 2.96. The second-order valence-corrected chi connectivity index (χ2v) is 9.59. The summed E-state index contributed by atoms with van der Waals surface area (Å²) in [5, 5.41) is 0. The van der Waals surface area contributed by atoms with E-state index in [1.54, 1.807) is 11.8 Å². The molecule has 128 valence electrons. The van der Waals surface area contributed by atoms with E-state index in [9.17, 15) is 0 Å². The monoisotopic (exact) mass is 467 g/mol. The highest BCUT2D eigenvalue weighted by Crippen LogP contribution is 2.26. The van der Waals surface area contributed by atoms with E-state index in [2.05, 4.69) is 109 Å². The van der Waals surface area contributed by atoms with Crippen LogP contribution in [0.3, 0.4) is 0 Å². The number of rotatable bonds is 4. The van der Waals surface area contributed by atoms with Gasteiger partial charge in [0.2, 0.25) is 0 Å². The van der Waals surface area contributed by atoms with Crippen molar-refractivity contribution in [2.75, 3.05) is 0 Å². The van der Waals surface area contributed by atoms with Gasteiger partial charge in [0.05, 0.1) is 0 Å². The maximum atomic E-state index is 2.21. The molecule has 4 rings (SSSR count). The normalized spacial score (nSPS) is 9.85. The lowest BCUT2D eigenvalue weighted by Crippen LogP contribution is -3.61. The molecule has 2 heteroatoms. The molecule has 0 aliphatic heterocycles. The lowest BCUT2D eigenvalue weighted by molar-refractivity contribution is -0.597. The van der Waals surface area contributed by atoms with Gasteiger partial charge >= 0.3 is 21.2 Å². The van der Waals surface area contributed by atoms with Crippen molar-refractivity contribution in [2.24, 2.45) is 0 Å². The number of hydrogen-bond donors (Lipinski definition) is 0. The lowest BCUT2D eigenvalue weighted by Gasteiger charge is -1.99. The first kappa shape index (κ1) is 18.7. The second-order valence-electron chi connectivity index (χ2n) is 5.41. The third-order valence-electron chi connectivity index (χ3n) is 3.41. The van der Waals surface area contributed by atoms with E-state index in [4.69, 9.17) is 0 Å². The van der Waals surface area contributed by atoms with Crippen molar-refractivity contribution in [2.45, 2.75) is 9.79 Å². The van der Waals surface area contributed by atoms with E-state index < -0.39 is 0 Å². The van der Waals surface area contributed by atoms with Gasteiger partial charge in [-0.2, -0.15) is 0 Å². The molecule has 0 aliphatic rings. The van der Waals surface area contributed by atoms with Crippen LogP contribution in [0.5, 0.6) is 0 Å². The maximum Gasteiger partial charge on any atom is 0.357 e. The summed E-state index contributed by atoms with van der Waals surface area (Å²) in [7, 11) is 0. The molecule has 0 N–H and O–H groups in total. The Morgan fingerprint density at radius 2 is 0.692 bits per heavy atom. The van der Waals surface area contributed by atoms with Gasteiger partial charge < -0.3 is 0 Å². The minimum absolute atomic E-state index is 0.0287. The first-order valence-corrected chi connectivity index (χ1v) is 11.4. The van der Waals surface area contributed by atoms with Crippen LogP contribution in [0.1, 0.15) is 0 Å². The fourth-order valence-corrected chi connectivity index (χ4v) is 5.32. The molecule has 0 aliphatic carbocycles. The standard InChI is InChI=1S/C12H10I.C12H10S/c2*1-3-7-11(8-4-1)13-12-9-5-2-6-10-12/h2*1-10H/q+1;. The molecule has 0 atom stereocenters. The molecule has 4 aromatic carbocycles. The predicted octanol–water partition coefficient (Wildman–Crippen LogP) is 3.65. The van der Waals surface area contributed by atoms with Gasteiger partial charge in [0.1, 0.15) is 0 Å². The number of halogens is 1. The average Bonchev–Trinajstić information content (AvgIpc) is 2.72. The van der Waals surface area contributed by atoms with E-state index in [1.807, 2.05) is 12.1 Å². The van der Waals surface area contributed by atoms with Gasteiger partial charge in [-0.15, -0.1) is 0 Å². The average molecular weight is 467 g/mol. The van der Waals surface area contributed by atoms with Crippen molar-refractivity contribution in [3.05, 3.63) is 128 Å². The van der Waals surface area contributed by atoms with Gasteiger partial charge in [-0.05, 0) is 48.5 Å². The number of hydrogen-bond acceptors (Lipinski definition) is 1. The van der Waals surface area contributed by atoms with E-state index in [-0.39, 0.29) is 21.2 Å². The molecular weight excluding hydrogens is 447 g/mol. The van der Waals surface area contributed by atoms with Gasteiger partial charge in [0, 0.05) is 9.79 Å². The summed E-state index contributed by atoms with van der Waals surface area (Å²) in [6.45, 7) is 0. The molecule has 0 saturated carbocycles. The van der Waals surface area contributed by atoms with Crippen LogP contribution in [-0.4, -0.2) is 0 Å². The molecule has 26 heavy (non-hydrogen) atoms. The summed E-state index contributed by atoms with van der Waals surface area (Å²) >= 11 is 1.82. The van der Waals surface area contributed by atoms with Crippen molar-refractivity contribution in [1.82, 2.24) is 0 Å². The number of benzene rings is 4. The fourth-order valence-electron chi connectivity index (χ4n) is 2.19. The molecule has 0 aromatic heterocycles. The van der Waals surface area contributed by atoms with Crippen molar-refractivity contribution < 1.29 is 21.2 Å². The van der Waals surface area contributed by atoms with Crippen LogP contribution >= 0.6 is 11.8 Å². The van der Waals surface area contributed by atoms with Crippen LogP contribution in [-0.2, 0) is 0 Å². The quantitative estimate of drug-likeness (QED) is 0.413. The third kappa shape index (κ3) is 6.70. The molecule has 0 unspecified atom stereocenters. The Hall–Kier alpha value is -2.04. The molecule has 0 fully saturated rings. The van der Waals surface area contributed by atoms with Crippen molar-refractivity contribution >= 4 is 11.8 Å². The zero-order valence-electron chi connectivity index (χ0n) is 14.3. The SMILES string of the molecule is c1ccc(Sc2ccccc2)cc1.c1ccc([I+]c2ccccc2)cc1. The molecular formula is C24H20IS+. The minimum atomic E-state index is 0.0287. The van der Waals surface area contributed by atoms with Gasteiger partial charge in [-0.25, -0.2) is 0 Å². The fraction of sp³-hybridized carbons (Fsp3) is 0. The Bertz CT molecular complexity index is 711. The summed E-state index contributed by atoms with van der Waals surface area (Å²) in [6.07, 6.45) is 0. The summed E-state index contributed by atoms with van der Waals surface area (Å²) in [5.74, 6) is 0. The van der Waals surface area contributed by atoms with Crippen molar-refractivity contribution in [3.63, 3.8) is 0 Å². The Labute approximate surface area is 170 Å². The maximum absolute atomic E-state index is 2.21. The zero-order chi connectivity index (χ0) is 17.9. The summed E-state index contributed by atoms with van der Waals surface area (Å²) in [6, 6.07) is 42.2. The first-order chi connectivity index (χ1) is 12.9. The minimum Gasteiger partial charge on any atom is -0.0901 e. The van der Waals surface area contributed by atoms with Crippen LogP contribution in [0.15, 0.2) is 131 Å². The zero-order valence-corrected chi connectivity index (χ0v) is 17.3. The van der Waals surface area contributed by atoms with Crippen LogP contribution in [0.2, 0.25) is 0 Å². The summed E-state index contributed by atoms with van der Waals surface area (Å²) in [5.41, 5.74) is 0. The van der Waals surface area contributed by atoms with Crippen LogP contribution in [0.25, 0.3) is 0 Å². The van der Waals surface area contributed by atoms with Gasteiger partial charge in [0.15, 0.2) is 7.14 Å². The van der Waals surface area contributed by atoms with E-state index in [0.29, 0.717) is 0 Å². The van der Waals surface area contributed by atoms with Gasteiger partial charge in [-0.1, -0.05) is 84.6 Å². The van der Waals surface area contributed by atoms with E-state index >= 15 is 0 Å². The van der Waals surface area contributed by atoms with Crippen LogP contribution in [0.4, 0.5) is 0 Å². The topological polar surface area (TPSA) is 0 Å². The largest absolute Gasteiger partial charge is 0.357 e. The van der Waals surface area contributed by atoms with Crippen molar-refractivity contribution in [3.8, 4) is 0 Å². The van der Waals surface area contributed by atoms with Crippen LogP contribution < -0.4 is 21.2 Å². The van der Waals surface area contributed by atoms with Gasteiger partial charge in [0.25, 0.3) is 0 Å². The second kappa shape index (κ2) is 10.8. The van der Waals surface area contributed by atoms with E-state index in [0.717, 1.165) is 0 Å². The molecule has 0 bridgehead atoms.